The molecule has 1 rings (SSSR count). The van der Waals surface area contributed by atoms with E-state index in [-0.39, 0.29) is 0 Å². The zero-order chi connectivity index (χ0) is 12.2. The van der Waals surface area contributed by atoms with Crippen LogP contribution in [0.4, 0.5) is 13.2 Å². The highest BCUT2D eigenvalue weighted by atomic mass is 32.2. The van der Waals surface area contributed by atoms with Crippen LogP contribution in [0.1, 0.15) is 39.0 Å². The molecule has 16 heavy (non-hydrogen) atoms. The van der Waals surface area contributed by atoms with Crippen molar-refractivity contribution in [2.45, 2.75) is 56.5 Å². The van der Waals surface area contributed by atoms with E-state index < -0.39 is 17.5 Å². The highest BCUT2D eigenvalue weighted by molar-refractivity contribution is 8.00. The third-order valence-corrected chi connectivity index (χ3v) is 4.81. The second kappa shape index (κ2) is 6.15. The average Bonchev–Trinajstić information content (AvgIpc) is 2.68. The first-order chi connectivity index (χ1) is 7.45. The van der Waals surface area contributed by atoms with E-state index >= 15 is 0 Å². The molecule has 0 bridgehead atoms. The molecule has 2 N–H and O–H groups in total. The molecule has 1 saturated carbocycles. The summed E-state index contributed by atoms with van der Waals surface area (Å²) >= 11 is 1.01. The van der Waals surface area contributed by atoms with Crippen LogP contribution in [0, 0.1) is 5.92 Å². The molecule has 0 heterocycles. The predicted octanol–water partition coefficient (Wildman–Crippen LogP) is 3.58. The quantitative estimate of drug-likeness (QED) is 0.812. The average molecular weight is 255 g/mol. The number of nitrogens with two attached hydrogens (primary N) is 1. The maximum Gasteiger partial charge on any atom is 0.402 e. The van der Waals surface area contributed by atoms with Crippen molar-refractivity contribution in [3.63, 3.8) is 0 Å². The van der Waals surface area contributed by atoms with Crippen LogP contribution in [0.2, 0.25) is 0 Å². The topological polar surface area (TPSA) is 26.0 Å². The molecule has 0 radical (unpaired) electrons. The lowest BCUT2D eigenvalue weighted by atomic mass is 10.1. The Morgan fingerprint density at radius 2 is 1.88 bits per heavy atom. The van der Waals surface area contributed by atoms with E-state index in [4.69, 9.17) is 5.73 Å². The smallest absolute Gasteiger partial charge is 0.326 e. The molecule has 96 valence electrons. The molecule has 1 fully saturated rings. The van der Waals surface area contributed by atoms with Gasteiger partial charge in [0.15, 0.2) is 0 Å². The molecule has 2 unspecified atom stereocenters. The monoisotopic (exact) mass is 255 g/mol. The summed E-state index contributed by atoms with van der Waals surface area (Å²) in [4.78, 5) is 0. The third kappa shape index (κ3) is 4.17. The van der Waals surface area contributed by atoms with Crippen LogP contribution in [0.25, 0.3) is 0 Å². The summed E-state index contributed by atoms with van der Waals surface area (Å²) < 4.78 is 38.2. The minimum Gasteiger partial charge on any atom is -0.326 e. The Hall–Kier alpha value is 0.100. The van der Waals surface area contributed by atoms with Gasteiger partial charge in [-0.05, 0) is 30.9 Å². The zero-order valence-electron chi connectivity index (χ0n) is 9.59. The van der Waals surface area contributed by atoms with Gasteiger partial charge in [0, 0.05) is 6.04 Å². The summed E-state index contributed by atoms with van der Waals surface area (Å²) in [5, 5.41) is -1.39. The Bertz CT molecular complexity index is 202. The largest absolute Gasteiger partial charge is 0.402 e. The molecule has 1 aliphatic carbocycles. The normalized spacial score (nSPS) is 22.3. The molecule has 0 aromatic carbocycles. The van der Waals surface area contributed by atoms with Crippen molar-refractivity contribution in [2.24, 2.45) is 11.7 Å². The minimum absolute atomic E-state index is 0.377. The number of hydrogen-bond acceptors (Lipinski definition) is 2. The highest BCUT2D eigenvalue weighted by Crippen LogP contribution is 2.36. The van der Waals surface area contributed by atoms with Crippen molar-refractivity contribution in [1.82, 2.24) is 0 Å². The van der Waals surface area contributed by atoms with Crippen LogP contribution >= 0.6 is 11.8 Å². The molecule has 0 aliphatic heterocycles. The van der Waals surface area contributed by atoms with Crippen molar-refractivity contribution in [1.29, 1.82) is 0 Å². The van der Waals surface area contributed by atoms with E-state index in [2.05, 4.69) is 0 Å². The van der Waals surface area contributed by atoms with Crippen molar-refractivity contribution < 1.29 is 13.2 Å². The summed E-state index contributed by atoms with van der Waals surface area (Å²) in [5.74, 6) is 1.08. The van der Waals surface area contributed by atoms with Crippen LogP contribution in [0.15, 0.2) is 0 Å². The molecule has 0 saturated heterocycles. The van der Waals surface area contributed by atoms with Crippen molar-refractivity contribution in [2.75, 3.05) is 5.75 Å². The van der Waals surface area contributed by atoms with Gasteiger partial charge in [0.25, 0.3) is 0 Å². The van der Waals surface area contributed by atoms with Gasteiger partial charge in [0.05, 0.1) is 0 Å². The second-order valence-corrected chi connectivity index (χ2v) is 5.69. The van der Waals surface area contributed by atoms with Crippen molar-refractivity contribution >= 4 is 11.8 Å². The van der Waals surface area contributed by atoms with Crippen molar-refractivity contribution in [3.8, 4) is 0 Å². The molecular formula is C11H20F3NS. The van der Waals surface area contributed by atoms with Gasteiger partial charge in [-0.3, -0.25) is 0 Å². The molecule has 5 heteroatoms. The summed E-state index contributed by atoms with van der Waals surface area (Å²) in [6.07, 6.45) is 0.710. The fourth-order valence-electron chi connectivity index (χ4n) is 2.09. The summed E-state index contributed by atoms with van der Waals surface area (Å²) in [6.45, 7) is 1.71. The molecule has 0 spiro atoms. The van der Waals surface area contributed by atoms with Crippen molar-refractivity contribution in [3.05, 3.63) is 0 Å². The fourth-order valence-corrected chi connectivity index (χ4v) is 3.53. The van der Waals surface area contributed by atoms with E-state index in [0.29, 0.717) is 18.1 Å². The lowest BCUT2D eigenvalue weighted by Gasteiger charge is -2.26. The maximum absolute atomic E-state index is 12.7. The molecular weight excluding hydrogens is 235 g/mol. The van der Waals surface area contributed by atoms with E-state index in [0.717, 1.165) is 24.6 Å². The van der Waals surface area contributed by atoms with E-state index in [1.807, 2.05) is 0 Å². The van der Waals surface area contributed by atoms with Gasteiger partial charge in [-0.15, -0.1) is 11.8 Å². The highest BCUT2D eigenvalue weighted by Gasteiger charge is 2.43. The second-order valence-electron chi connectivity index (χ2n) is 4.52. The van der Waals surface area contributed by atoms with Gasteiger partial charge in [-0.1, -0.05) is 19.8 Å². The maximum atomic E-state index is 12.7. The molecule has 1 nitrogen and oxygen atoms in total. The Morgan fingerprint density at radius 3 is 2.31 bits per heavy atom. The summed E-state index contributed by atoms with van der Waals surface area (Å²) in [6, 6.07) is -0.772. The summed E-state index contributed by atoms with van der Waals surface area (Å²) in [7, 11) is 0. The summed E-state index contributed by atoms with van der Waals surface area (Å²) in [5.41, 5.74) is 5.55. The standard InChI is InChI=1S/C11H20F3NS/c1-2-9(15)10(11(12,13)14)16-7-8-5-3-4-6-8/h8-10H,2-7,15H2,1H3. The van der Waals surface area contributed by atoms with Gasteiger partial charge < -0.3 is 5.73 Å². The fraction of sp³-hybridized carbons (Fsp3) is 1.00. The number of alkyl halides is 3. The number of rotatable bonds is 5. The molecule has 0 aromatic heterocycles. The zero-order valence-corrected chi connectivity index (χ0v) is 10.4. The molecule has 0 amide bonds. The molecule has 0 aromatic rings. The SMILES string of the molecule is CCC(N)C(SCC1CCCC1)C(F)(F)F. The first-order valence-electron chi connectivity index (χ1n) is 5.89. The molecule has 1 aliphatic rings. The van der Waals surface area contributed by atoms with Crippen LogP contribution in [-0.4, -0.2) is 23.2 Å². The lowest BCUT2D eigenvalue weighted by Crippen LogP contribution is -2.42. The van der Waals surface area contributed by atoms with Crippen LogP contribution in [0.3, 0.4) is 0 Å². The predicted molar refractivity (Wildman–Crippen MR) is 62.5 cm³/mol. The Balaban J connectivity index is 2.43. The Labute approximate surface area is 99.3 Å². The van der Waals surface area contributed by atoms with Crippen LogP contribution in [0.5, 0.6) is 0 Å². The third-order valence-electron chi connectivity index (χ3n) is 3.17. The Kier molecular flexibility index (Phi) is 5.44. The van der Waals surface area contributed by atoms with Crippen LogP contribution in [-0.2, 0) is 0 Å². The van der Waals surface area contributed by atoms with Gasteiger partial charge in [-0.2, -0.15) is 13.2 Å². The van der Waals surface area contributed by atoms with E-state index in [1.54, 1.807) is 6.92 Å². The number of halogens is 3. The number of thioether (sulfide) groups is 1. The van der Waals surface area contributed by atoms with Gasteiger partial charge in [0.1, 0.15) is 5.25 Å². The van der Waals surface area contributed by atoms with Gasteiger partial charge in [0.2, 0.25) is 0 Å². The number of hydrogen-bond donors (Lipinski definition) is 1. The first-order valence-corrected chi connectivity index (χ1v) is 6.94. The minimum atomic E-state index is -4.17. The van der Waals surface area contributed by atoms with Gasteiger partial charge in [-0.25, -0.2) is 0 Å². The van der Waals surface area contributed by atoms with Gasteiger partial charge >= 0.3 is 6.18 Å². The van der Waals surface area contributed by atoms with E-state index in [9.17, 15) is 13.2 Å². The first kappa shape index (κ1) is 14.2. The lowest BCUT2D eigenvalue weighted by molar-refractivity contribution is -0.132. The van der Waals surface area contributed by atoms with E-state index in [1.165, 1.54) is 12.8 Å². The van der Waals surface area contributed by atoms with Crippen LogP contribution < -0.4 is 5.73 Å². The molecule has 2 atom stereocenters. The Morgan fingerprint density at radius 1 is 1.31 bits per heavy atom.